The van der Waals surface area contributed by atoms with Crippen molar-refractivity contribution in [1.82, 2.24) is 0 Å². The van der Waals surface area contributed by atoms with Gasteiger partial charge in [0.25, 0.3) is 0 Å². The minimum Gasteiger partial charge on any atom is -0.327 e. The Morgan fingerprint density at radius 2 is 2.29 bits per heavy atom. The van der Waals surface area contributed by atoms with Gasteiger partial charge in [-0.05, 0) is 12.8 Å². The van der Waals surface area contributed by atoms with Crippen LogP contribution in [0.4, 0.5) is 0 Å². The molecular weight excluding hydrogens is 86.1 g/mol. The molecule has 1 heteroatoms. The summed E-state index contributed by atoms with van der Waals surface area (Å²) in [5, 5.41) is 0. The van der Waals surface area contributed by atoms with Crippen LogP contribution in [-0.4, -0.2) is 6.04 Å². The Hall–Kier alpha value is -0.480. The summed E-state index contributed by atoms with van der Waals surface area (Å²) >= 11 is 0. The highest BCUT2D eigenvalue weighted by atomic mass is 14.7. The van der Waals surface area contributed by atoms with Crippen LogP contribution >= 0.6 is 0 Å². The maximum atomic E-state index is 5.49. The van der Waals surface area contributed by atoms with Gasteiger partial charge < -0.3 is 5.73 Å². The lowest BCUT2D eigenvalue weighted by atomic mass is 9.81. The molecule has 0 aliphatic heterocycles. The summed E-state index contributed by atoms with van der Waals surface area (Å²) in [5.41, 5.74) is 5.49. The van der Waals surface area contributed by atoms with E-state index in [1.807, 2.05) is 0 Å². The Balaban J connectivity index is 2.33. The van der Waals surface area contributed by atoms with Crippen molar-refractivity contribution in [3.05, 3.63) is 0 Å². The van der Waals surface area contributed by atoms with E-state index in [0.717, 1.165) is 12.8 Å². The van der Waals surface area contributed by atoms with Crippen molar-refractivity contribution in [1.29, 1.82) is 0 Å². The van der Waals surface area contributed by atoms with Crippen LogP contribution in [0, 0.1) is 18.3 Å². The van der Waals surface area contributed by atoms with Gasteiger partial charge in [-0.15, -0.1) is 12.3 Å². The molecule has 0 aromatic rings. The molecule has 1 saturated carbocycles. The third kappa shape index (κ3) is 0.618. The first-order valence-corrected chi connectivity index (χ1v) is 2.56. The normalized spacial score (nSPS) is 38.9. The number of terminal acetylenes is 1. The Bertz CT molecular complexity index is 101. The smallest absolute Gasteiger partial charge is 0.0352 e. The topological polar surface area (TPSA) is 26.0 Å². The van der Waals surface area contributed by atoms with Crippen molar-refractivity contribution in [2.45, 2.75) is 18.9 Å². The highest BCUT2D eigenvalue weighted by Crippen LogP contribution is 2.23. The van der Waals surface area contributed by atoms with Gasteiger partial charge in [-0.3, -0.25) is 0 Å². The highest BCUT2D eigenvalue weighted by molar-refractivity contribution is 5.03. The van der Waals surface area contributed by atoms with Gasteiger partial charge in [0.15, 0.2) is 0 Å². The van der Waals surface area contributed by atoms with Crippen molar-refractivity contribution in [3.63, 3.8) is 0 Å². The summed E-state index contributed by atoms with van der Waals surface area (Å²) in [6, 6.07) is 0.310. The Labute approximate surface area is 43.9 Å². The third-order valence-electron chi connectivity index (χ3n) is 1.54. The zero-order chi connectivity index (χ0) is 5.28. The van der Waals surface area contributed by atoms with Crippen molar-refractivity contribution in [3.8, 4) is 12.3 Å². The quantitative estimate of drug-likeness (QED) is 0.432. The lowest BCUT2D eigenvalue weighted by Gasteiger charge is -2.28. The fourth-order valence-electron chi connectivity index (χ4n) is 0.733. The van der Waals surface area contributed by atoms with Gasteiger partial charge in [-0.25, -0.2) is 0 Å². The van der Waals surface area contributed by atoms with Gasteiger partial charge in [-0.1, -0.05) is 0 Å². The van der Waals surface area contributed by atoms with E-state index in [2.05, 4.69) is 5.92 Å². The summed E-state index contributed by atoms with van der Waals surface area (Å²) < 4.78 is 0. The minimum absolute atomic E-state index is 0.310. The number of nitrogens with two attached hydrogens (primary N) is 1. The van der Waals surface area contributed by atoms with Crippen molar-refractivity contribution >= 4 is 0 Å². The lowest BCUT2D eigenvalue weighted by Crippen LogP contribution is -2.38. The molecule has 0 aromatic heterocycles. The first-order chi connectivity index (χ1) is 3.34. The van der Waals surface area contributed by atoms with Crippen LogP contribution < -0.4 is 5.73 Å². The molecule has 0 spiro atoms. The molecule has 0 saturated heterocycles. The minimum atomic E-state index is 0.310. The largest absolute Gasteiger partial charge is 0.327 e. The zero-order valence-electron chi connectivity index (χ0n) is 4.22. The fraction of sp³-hybridized carbons (Fsp3) is 0.667. The number of hydrogen-bond donors (Lipinski definition) is 1. The Morgan fingerprint density at radius 3 is 2.29 bits per heavy atom. The van der Waals surface area contributed by atoms with E-state index in [9.17, 15) is 0 Å². The van der Waals surface area contributed by atoms with Crippen LogP contribution in [0.1, 0.15) is 12.8 Å². The van der Waals surface area contributed by atoms with E-state index in [1.54, 1.807) is 0 Å². The highest BCUT2D eigenvalue weighted by Gasteiger charge is 2.24. The molecule has 2 atom stereocenters. The summed E-state index contributed by atoms with van der Waals surface area (Å²) in [5.74, 6) is 3.02. The molecule has 0 aromatic carbocycles. The van der Waals surface area contributed by atoms with Gasteiger partial charge in [0, 0.05) is 12.0 Å². The fourth-order valence-corrected chi connectivity index (χ4v) is 0.733. The molecule has 2 N–H and O–H groups in total. The standard InChI is InChI=1S/C6H9N/c1-2-5-3-4-6(5)7/h1,5-6H,3-4,7H2/t5-,6+/m0/s1. The van der Waals surface area contributed by atoms with Crippen molar-refractivity contribution < 1.29 is 0 Å². The predicted octanol–water partition coefficient (Wildman–Crippen LogP) is 0.357. The van der Waals surface area contributed by atoms with Gasteiger partial charge in [0.05, 0.1) is 0 Å². The molecular formula is C6H9N. The molecule has 1 nitrogen and oxygen atoms in total. The van der Waals surface area contributed by atoms with Crippen LogP contribution in [0.15, 0.2) is 0 Å². The second-order valence-corrected chi connectivity index (χ2v) is 2.01. The summed E-state index contributed by atoms with van der Waals surface area (Å²) in [6.45, 7) is 0. The van der Waals surface area contributed by atoms with E-state index in [1.165, 1.54) is 0 Å². The summed E-state index contributed by atoms with van der Waals surface area (Å²) in [6.07, 6.45) is 7.35. The van der Waals surface area contributed by atoms with E-state index >= 15 is 0 Å². The zero-order valence-corrected chi connectivity index (χ0v) is 4.22. The monoisotopic (exact) mass is 95.1 g/mol. The average molecular weight is 95.1 g/mol. The van der Waals surface area contributed by atoms with Crippen LogP contribution in [0.25, 0.3) is 0 Å². The van der Waals surface area contributed by atoms with Crippen molar-refractivity contribution in [2.75, 3.05) is 0 Å². The first-order valence-electron chi connectivity index (χ1n) is 2.56. The lowest BCUT2D eigenvalue weighted by molar-refractivity contribution is 0.329. The van der Waals surface area contributed by atoms with Crippen LogP contribution in [-0.2, 0) is 0 Å². The van der Waals surface area contributed by atoms with E-state index in [4.69, 9.17) is 12.2 Å². The molecule has 1 aliphatic carbocycles. The molecule has 1 rings (SSSR count). The summed E-state index contributed by atoms with van der Waals surface area (Å²) in [7, 11) is 0. The maximum Gasteiger partial charge on any atom is 0.0352 e. The molecule has 7 heavy (non-hydrogen) atoms. The molecule has 0 amide bonds. The summed E-state index contributed by atoms with van der Waals surface area (Å²) in [4.78, 5) is 0. The van der Waals surface area contributed by atoms with Crippen LogP contribution in [0.3, 0.4) is 0 Å². The second kappa shape index (κ2) is 1.55. The van der Waals surface area contributed by atoms with E-state index in [-0.39, 0.29) is 0 Å². The van der Waals surface area contributed by atoms with Crippen molar-refractivity contribution in [2.24, 2.45) is 11.7 Å². The molecule has 1 aliphatic rings. The molecule has 38 valence electrons. The van der Waals surface area contributed by atoms with Gasteiger partial charge in [0.2, 0.25) is 0 Å². The number of hydrogen-bond acceptors (Lipinski definition) is 1. The van der Waals surface area contributed by atoms with E-state index in [0.29, 0.717) is 12.0 Å². The van der Waals surface area contributed by atoms with Crippen LogP contribution in [0.5, 0.6) is 0 Å². The molecule has 0 unspecified atom stereocenters. The SMILES string of the molecule is C#C[C@H]1CC[C@H]1N. The van der Waals surface area contributed by atoms with Crippen LogP contribution in [0.2, 0.25) is 0 Å². The molecule has 1 fully saturated rings. The maximum absolute atomic E-state index is 5.49. The van der Waals surface area contributed by atoms with Gasteiger partial charge in [0.1, 0.15) is 0 Å². The Kier molecular flexibility index (Phi) is 1.04. The molecule has 0 bridgehead atoms. The third-order valence-corrected chi connectivity index (χ3v) is 1.54. The van der Waals surface area contributed by atoms with Gasteiger partial charge >= 0.3 is 0 Å². The van der Waals surface area contributed by atoms with Gasteiger partial charge in [-0.2, -0.15) is 0 Å². The second-order valence-electron chi connectivity index (χ2n) is 2.01. The first kappa shape index (κ1) is 4.67. The van der Waals surface area contributed by atoms with E-state index < -0.39 is 0 Å². The average Bonchev–Trinajstić information content (AvgIpc) is 1.65. The molecule has 0 heterocycles. The Morgan fingerprint density at radius 1 is 1.57 bits per heavy atom. The molecule has 0 radical (unpaired) electrons. The predicted molar refractivity (Wildman–Crippen MR) is 29.5 cm³/mol. The number of rotatable bonds is 0.